The molecule has 0 radical (unpaired) electrons. The van der Waals surface area contributed by atoms with Gasteiger partial charge < -0.3 is 5.32 Å². The highest BCUT2D eigenvalue weighted by molar-refractivity contribution is 5.58. The van der Waals surface area contributed by atoms with Gasteiger partial charge in [-0.1, -0.05) is 18.2 Å². The fourth-order valence-corrected chi connectivity index (χ4v) is 1.95. The van der Waals surface area contributed by atoms with Gasteiger partial charge in [0.1, 0.15) is 23.3 Å². The number of hydrogen-bond acceptors (Lipinski definition) is 2. The first-order valence-electron chi connectivity index (χ1n) is 6.24. The van der Waals surface area contributed by atoms with Crippen LogP contribution in [0.5, 0.6) is 0 Å². The summed E-state index contributed by atoms with van der Waals surface area (Å²) < 4.78 is 27.0. The van der Waals surface area contributed by atoms with Crippen LogP contribution >= 0.6 is 0 Å². The van der Waals surface area contributed by atoms with Crippen LogP contribution in [0, 0.1) is 29.9 Å². The minimum absolute atomic E-state index is 0.0352. The van der Waals surface area contributed by atoms with E-state index in [0.29, 0.717) is 11.3 Å². The summed E-state index contributed by atoms with van der Waals surface area (Å²) in [6, 6.07) is 10.9. The summed E-state index contributed by atoms with van der Waals surface area (Å²) in [5.41, 5.74) is 1.68. The van der Waals surface area contributed by atoms with Crippen LogP contribution in [0.4, 0.5) is 14.5 Å². The third-order valence-electron chi connectivity index (χ3n) is 3.19. The number of rotatable bonds is 3. The van der Waals surface area contributed by atoms with E-state index in [4.69, 9.17) is 5.26 Å². The van der Waals surface area contributed by atoms with Crippen molar-refractivity contribution in [2.24, 2.45) is 0 Å². The second kappa shape index (κ2) is 5.70. The standard InChI is InChI=1S/C16H14F2N2/c1-10-6-7-12(8-15(10)18)11(2)20-16-5-3-4-14(17)13(16)9-19/h3-8,11,20H,1-2H3. The van der Waals surface area contributed by atoms with Crippen LogP contribution in [0.25, 0.3) is 0 Å². The lowest BCUT2D eigenvalue weighted by atomic mass is 10.0. The molecular weight excluding hydrogens is 258 g/mol. The first-order valence-corrected chi connectivity index (χ1v) is 6.24. The van der Waals surface area contributed by atoms with Crippen molar-refractivity contribution in [1.82, 2.24) is 0 Å². The van der Waals surface area contributed by atoms with Gasteiger partial charge in [0.05, 0.1) is 5.69 Å². The number of benzene rings is 2. The van der Waals surface area contributed by atoms with Crippen LogP contribution in [0.3, 0.4) is 0 Å². The van der Waals surface area contributed by atoms with Gasteiger partial charge in [0.25, 0.3) is 0 Å². The summed E-state index contributed by atoms with van der Waals surface area (Å²) in [5, 5.41) is 12.0. The topological polar surface area (TPSA) is 35.8 Å². The molecule has 0 spiro atoms. The molecule has 0 fully saturated rings. The van der Waals surface area contributed by atoms with Crippen LogP contribution in [0.15, 0.2) is 36.4 Å². The van der Waals surface area contributed by atoms with Gasteiger partial charge >= 0.3 is 0 Å². The maximum absolute atomic E-state index is 13.5. The zero-order chi connectivity index (χ0) is 14.7. The average molecular weight is 272 g/mol. The Balaban J connectivity index is 2.28. The van der Waals surface area contributed by atoms with Crippen LogP contribution in [0.1, 0.15) is 29.7 Å². The smallest absolute Gasteiger partial charge is 0.143 e. The summed E-state index contributed by atoms with van der Waals surface area (Å²) in [5.74, 6) is -0.851. The molecule has 0 amide bonds. The summed E-state index contributed by atoms with van der Waals surface area (Å²) >= 11 is 0. The second-order valence-corrected chi connectivity index (χ2v) is 4.65. The molecular formula is C16H14F2N2. The van der Waals surface area contributed by atoms with Gasteiger partial charge in [-0.05, 0) is 43.2 Å². The van der Waals surface area contributed by atoms with Crippen molar-refractivity contribution >= 4 is 5.69 Å². The third kappa shape index (κ3) is 2.77. The lowest BCUT2D eigenvalue weighted by Gasteiger charge is -2.17. The van der Waals surface area contributed by atoms with Gasteiger partial charge in [-0.15, -0.1) is 0 Å². The van der Waals surface area contributed by atoms with Crippen molar-refractivity contribution in [1.29, 1.82) is 5.26 Å². The Hall–Kier alpha value is -2.41. The van der Waals surface area contributed by atoms with E-state index in [2.05, 4.69) is 5.32 Å². The average Bonchev–Trinajstić information content (AvgIpc) is 2.42. The maximum Gasteiger partial charge on any atom is 0.143 e. The highest BCUT2D eigenvalue weighted by Crippen LogP contribution is 2.24. The Bertz CT molecular complexity index is 675. The molecule has 0 aromatic heterocycles. The van der Waals surface area contributed by atoms with Gasteiger partial charge in [0.2, 0.25) is 0 Å². The number of halogens is 2. The lowest BCUT2D eigenvalue weighted by Crippen LogP contribution is -2.09. The zero-order valence-corrected chi connectivity index (χ0v) is 11.2. The van der Waals surface area contributed by atoms with Crippen LogP contribution in [0.2, 0.25) is 0 Å². The quantitative estimate of drug-likeness (QED) is 0.903. The summed E-state index contributed by atoms with van der Waals surface area (Å²) in [4.78, 5) is 0. The molecule has 0 bridgehead atoms. The van der Waals surface area contributed by atoms with Gasteiger partial charge in [-0.2, -0.15) is 5.26 Å². The Morgan fingerprint density at radius 3 is 2.55 bits per heavy atom. The predicted octanol–water partition coefficient (Wildman–Crippen LogP) is 4.32. The molecule has 4 heteroatoms. The highest BCUT2D eigenvalue weighted by atomic mass is 19.1. The molecule has 2 aromatic rings. The SMILES string of the molecule is Cc1ccc(C(C)Nc2cccc(F)c2C#N)cc1F. The van der Waals surface area contributed by atoms with Gasteiger partial charge in [-0.25, -0.2) is 8.78 Å². The van der Waals surface area contributed by atoms with E-state index < -0.39 is 5.82 Å². The van der Waals surface area contributed by atoms with Gasteiger partial charge in [-0.3, -0.25) is 0 Å². The first kappa shape index (κ1) is 14.0. The Kier molecular flexibility index (Phi) is 3.99. The maximum atomic E-state index is 13.5. The minimum atomic E-state index is -0.570. The number of hydrogen-bond donors (Lipinski definition) is 1. The number of nitrogens with one attached hydrogen (secondary N) is 1. The monoisotopic (exact) mass is 272 g/mol. The molecule has 0 aliphatic rings. The summed E-state index contributed by atoms with van der Waals surface area (Å²) in [6.45, 7) is 3.52. The molecule has 2 aromatic carbocycles. The Morgan fingerprint density at radius 2 is 1.90 bits per heavy atom. The molecule has 2 nitrogen and oxygen atoms in total. The first-order chi connectivity index (χ1) is 9.52. The van der Waals surface area contributed by atoms with Crippen molar-refractivity contribution in [3.05, 3.63) is 64.7 Å². The lowest BCUT2D eigenvalue weighted by molar-refractivity contribution is 0.614. The molecule has 1 atom stereocenters. The number of nitrogens with zero attached hydrogens (tertiary/aromatic N) is 1. The van der Waals surface area contributed by atoms with E-state index in [9.17, 15) is 8.78 Å². The van der Waals surface area contributed by atoms with Crippen LogP contribution in [-0.4, -0.2) is 0 Å². The summed E-state index contributed by atoms with van der Waals surface area (Å²) in [6.07, 6.45) is 0. The van der Waals surface area contributed by atoms with Crippen molar-refractivity contribution in [2.45, 2.75) is 19.9 Å². The number of nitriles is 1. The van der Waals surface area contributed by atoms with Crippen LogP contribution < -0.4 is 5.32 Å². The fraction of sp³-hybridized carbons (Fsp3) is 0.188. The third-order valence-corrected chi connectivity index (χ3v) is 3.19. The number of aryl methyl sites for hydroxylation is 1. The van der Waals surface area contributed by atoms with Crippen molar-refractivity contribution in [3.63, 3.8) is 0 Å². The van der Waals surface area contributed by atoms with Crippen molar-refractivity contribution in [2.75, 3.05) is 5.32 Å². The van der Waals surface area contributed by atoms with Crippen molar-refractivity contribution < 1.29 is 8.78 Å². The predicted molar refractivity (Wildman–Crippen MR) is 74.3 cm³/mol. The normalized spacial score (nSPS) is 11.8. The summed E-state index contributed by atoms with van der Waals surface area (Å²) in [7, 11) is 0. The molecule has 0 heterocycles. The molecule has 102 valence electrons. The van der Waals surface area contributed by atoms with E-state index in [0.717, 1.165) is 5.56 Å². The minimum Gasteiger partial charge on any atom is -0.377 e. The van der Waals surface area contributed by atoms with Gasteiger partial charge in [0.15, 0.2) is 0 Å². The van der Waals surface area contributed by atoms with E-state index in [1.807, 2.05) is 13.0 Å². The van der Waals surface area contributed by atoms with E-state index >= 15 is 0 Å². The molecule has 0 aliphatic carbocycles. The molecule has 1 unspecified atom stereocenters. The fourth-order valence-electron chi connectivity index (χ4n) is 1.95. The number of anilines is 1. The molecule has 2 rings (SSSR count). The van der Waals surface area contributed by atoms with E-state index in [1.54, 1.807) is 25.1 Å². The highest BCUT2D eigenvalue weighted by Gasteiger charge is 2.12. The molecule has 1 N–H and O–H groups in total. The zero-order valence-electron chi connectivity index (χ0n) is 11.2. The largest absolute Gasteiger partial charge is 0.377 e. The van der Waals surface area contributed by atoms with Gasteiger partial charge in [0, 0.05) is 6.04 Å². The van der Waals surface area contributed by atoms with E-state index in [-0.39, 0.29) is 17.4 Å². The molecule has 0 saturated carbocycles. The molecule has 0 aliphatic heterocycles. The Morgan fingerprint density at radius 1 is 1.15 bits per heavy atom. The second-order valence-electron chi connectivity index (χ2n) is 4.65. The van der Waals surface area contributed by atoms with Crippen LogP contribution in [-0.2, 0) is 0 Å². The molecule has 0 saturated heterocycles. The van der Waals surface area contributed by atoms with E-state index in [1.165, 1.54) is 18.2 Å². The molecule has 20 heavy (non-hydrogen) atoms. The Labute approximate surface area is 116 Å². The van der Waals surface area contributed by atoms with Crippen molar-refractivity contribution in [3.8, 4) is 6.07 Å².